The van der Waals surface area contributed by atoms with Crippen LogP contribution >= 0.6 is 12.6 Å². The first-order valence-corrected chi connectivity index (χ1v) is 27.5. The monoisotopic (exact) mass is 1140 g/mol. The fourth-order valence-electron chi connectivity index (χ4n) is 9.12. The number of carbonyl (C=O) groups excluding carboxylic acids is 9. The molecule has 28 nitrogen and oxygen atoms in total. The van der Waals surface area contributed by atoms with Gasteiger partial charge in [0.15, 0.2) is 11.9 Å². The summed E-state index contributed by atoms with van der Waals surface area (Å²) in [4.78, 5) is 146. The summed E-state index contributed by atoms with van der Waals surface area (Å²) in [5.41, 5.74) is 28.3. The van der Waals surface area contributed by atoms with Crippen LogP contribution in [0.5, 0.6) is 0 Å². The van der Waals surface area contributed by atoms with Gasteiger partial charge in [0.1, 0.15) is 48.3 Å². The Labute approximate surface area is 471 Å². The number of nitrogens with two attached hydrogens (primary N) is 5. The van der Waals surface area contributed by atoms with Crippen molar-refractivity contribution in [3.05, 3.63) is 35.9 Å². The van der Waals surface area contributed by atoms with Crippen LogP contribution in [0.1, 0.15) is 98.0 Å². The number of guanidine groups is 2. The summed E-state index contributed by atoms with van der Waals surface area (Å²) in [7, 11) is 0. The van der Waals surface area contributed by atoms with Crippen molar-refractivity contribution in [1.82, 2.24) is 47.0 Å². The van der Waals surface area contributed by atoms with Gasteiger partial charge in [-0.2, -0.15) is 12.6 Å². The summed E-state index contributed by atoms with van der Waals surface area (Å²) in [5.74, 6) is -9.01. The molecular formula is C51H84N16O12S. The van der Waals surface area contributed by atoms with Crippen LogP contribution in [0.25, 0.3) is 0 Å². The molecule has 0 saturated carbocycles. The number of likely N-dealkylation sites (tertiary alicyclic amines) is 2. The summed E-state index contributed by atoms with van der Waals surface area (Å²) in [6.07, 6.45) is 0.614. The van der Waals surface area contributed by atoms with Crippen LogP contribution in [-0.2, 0) is 54.4 Å². The van der Waals surface area contributed by atoms with Gasteiger partial charge in [-0.05, 0) is 82.1 Å². The molecule has 2 fully saturated rings. The summed E-state index contributed by atoms with van der Waals surface area (Å²) in [5, 5.41) is 38.5. The highest BCUT2D eigenvalue weighted by atomic mass is 32.1. The van der Waals surface area contributed by atoms with Gasteiger partial charge in [-0.1, -0.05) is 58.0 Å². The van der Waals surface area contributed by atoms with E-state index in [2.05, 4.69) is 59.8 Å². The van der Waals surface area contributed by atoms with E-state index in [-0.39, 0.29) is 94.7 Å². The molecule has 29 heteroatoms. The van der Waals surface area contributed by atoms with Crippen molar-refractivity contribution in [3.63, 3.8) is 0 Å². The predicted octanol–water partition coefficient (Wildman–Crippen LogP) is -4.23. The van der Waals surface area contributed by atoms with Crippen molar-refractivity contribution < 1.29 is 58.2 Å². The van der Waals surface area contributed by atoms with Gasteiger partial charge in [0.25, 0.3) is 0 Å². The van der Waals surface area contributed by atoms with Gasteiger partial charge in [-0.25, -0.2) is 4.79 Å². The third-order valence-corrected chi connectivity index (χ3v) is 13.7. The molecule has 1 aromatic carbocycles. The molecule has 10 atom stereocenters. The lowest BCUT2D eigenvalue weighted by Gasteiger charge is -2.32. The second-order valence-electron chi connectivity index (χ2n) is 20.7. The molecule has 446 valence electrons. The van der Waals surface area contributed by atoms with Crippen molar-refractivity contribution in [2.45, 2.75) is 159 Å². The minimum absolute atomic E-state index is 0.00953. The molecule has 19 N–H and O–H groups in total. The van der Waals surface area contributed by atoms with Crippen molar-refractivity contribution >= 4 is 83.7 Å². The van der Waals surface area contributed by atoms with Crippen LogP contribution in [0.2, 0.25) is 0 Å². The maximum Gasteiger partial charge on any atom is 0.326 e. The average Bonchev–Trinajstić information content (AvgIpc) is 4.11. The molecule has 9 amide bonds. The zero-order valence-electron chi connectivity index (χ0n) is 46.2. The minimum Gasteiger partial charge on any atom is -0.480 e. The molecule has 2 saturated heterocycles. The number of carboxylic acids is 1. The van der Waals surface area contributed by atoms with Crippen LogP contribution in [0.3, 0.4) is 0 Å². The van der Waals surface area contributed by atoms with E-state index in [1.54, 1.807) is 44.2 Å². The van der Waals surface area contributed by atoms with Crippen LogP contribution < -0.4 is 65.9 Å². The zero-order chi connectivity index (χ0) is 59.8. The Morgan fingerprint density at radius 1 is 0.650 bits per heavy atom. The number of aliphatic hydroxyl groups is 1. The van der Waals surface area contributed by atoms with Gasteiger partial charge in [-0.3, -0.25) is 53.1 Å². The van der Waals surface area contributed by atoms with Gasteiger partial charge >= 0.3 is 5.97 Å². The Morgan fingerprint density at radius 3 is 1.73 bits per heavy atom. The van der Waals surface area contributed by atoms with E-state index in [9.17, 15) is 58.2 Å². The highest BCUT2D eigenvalue weighted by molar-refractivity contribution is 7.80. The number of hydrogen-bond acceptors (Lipinski definition) is 15. The van der Waals surface area contributed by atoms with Gasteiger partial charge in [0.05, 0.1) is 18.7 Å². The normalized spacial score (nSPS) is 18.0. The van der Waals surface area contributed by atoms with Gasteiger partial charge < -0.3 is 85.9 Å². The van der Waals surface area contributed by atoms with E-state index < -0.39 is 132 Å². The number of carboxylic acid groups (broad SMARTS) is 1. The van der Waals surface area contributed by atoms with E-state index in [0.29, 0.717) is 24.8 Å². The molecule has 2 heterocycles. The number of thiol groups is 1. The number of carbonyl (C=O) groups is 10. The largest absolute Gasteiger partial charge is 0.480 e. The molecule has 2 aliphatic rings. The quantitative estimate of drug-likeness (QED) is 0.0141. The molecule has 2 aliphatic heterocycles. The Morgan fingerprint density at radius 2 is 1.18 bits per heavy atom. The zero-order valence-corrected chi connectivity index (χ0v) is 47.1. The lowest BCUT2D eigenvalue weighted by atomic mass is 10.0. The SMILES string of the molecule is CC(C)C[C@H](N)C(=O)N[C@@H](CCCN=C(N)N)C(=O)N[C@@H](Cc1ccccc1)C(=O)N[C@H](C(=O)N[C@@H](CS)C(=O)NCC(=O)N1CCC[C@H]1C(=O)N1CCC[C@H]1C(=O)N[C@H](C(=O)N[C@@H](CCCN=C(N)N)C(=O)O)C(C)C)[C@@H](C)O. The van der Waals surface area contributed by atoms with Crippen LogP contribution in [0.15, 0.2) is 40.3 Å². The number of rotatable bonds is 32. The molecule has 1 aromatic rings. The van der Waals surface area contributed by atoms with Crippen LogP contribution in [0, 0.1) is 11.8 Å². The fraction of sp³-hybridized carbons (Fsp3) is 0.647. The predicted molar refractivity (Wildman–Crippen MR) is 299 cm³/mol. The molecule has 0 aromatic heterocycles. The van der Waals surface area contributed by atoms with Crippen LogP contribution in [0.4, 0.5) is 0 Å². The van der Waals surface area contributed by atoms with Gasteiger partial charge in [0, 0.05) is 38.4 Å². The first-order valence-electron chi connectivity index (χ1n) is 26.9. The highest BCUT2D eigenvalue weighted by Crippen LogP contribution is 2.26. The van der Waals surface area contributed by atoms with Crippen molar-refractivity contribution in [2.24, 2.45) is 50.5 Å². The van der Waals surface area contributed by atoms with E-state index >= 15 is 0 Å². The first kappa shape index (κ1) is 67.0. The molecule has 0 unspecified atom stereocenters. The molecular weight excluding hydrogens is 1060 g/mol. The summed E-state index contributed by atoms with van der Waals surface area (Å²) in [6.45, 7) is 8.31. The number of aliphatic carboxylic acids is 1. The number of hydrogen-bond donors (Lipinski definition) is 15. The van der Waals surface area contributed by atoms with Crippen molar-refractivity contribution in [1.29, 1.82) is 0 Å². The molecule has 3 rings (SSSR count). The van der Waals surface area contributed by atoms with Crippen molar-refractivity contribution in [2.75, 3.05) is 38.5 Å². The van der Waals surface area contributed by atoms with Crippen molar-refractivity contribution in [3.8, 4) is 0 Å². The van der Waals surface area contributed by atoms with Gasteiger partial charge in [0.2, 0.25) is 53.2 Å². The Balaban J connectivity index is 1.69. The summed E-state index contributed by atoms with van der Waals surface area (Å²) >= 11 is 4.23. The molecule has 80 heavy (non-hydrogen) atoms. The second kappa shape index (κ2) is 33.4. The minimum atomic E-state index is -1.69. The van der Waals surface area contributed by atoms with E-state index in [1.807, 2.05) is 13.8 Å². The second-order valence-corrected chi connectivity index (χ2v) is 21.1. The Bertz CT molecular complexity index is 2350. The lowest BCUT2D eigenvalue weighted by molar-refractivity contribution is -0.147. The average molecular weight is 1150 g/mol. The van der Waals surface area contributed by atoms with E-state index in [1.165, 1.54) is 16.7 Å². The topological polar surface area (TPSA) is 457 Å². The maximum atomic E-state index is 14.1. The number of aliphatic hydroxyl groups excluding tert-OH is 1. The Hall–Kier alpha value is -7.27. The molecule has 0 aliphatic carbocycles. The fourth-order valence-corrected chi connectivity index (χ4v) is 9.38. The highest BCUT2D eigenvalue weighted by Gasteiger charge is 2.43. The third kappa shape index (κ3) is 21.8. The number of aliphatic imine (C=N–C) groups is 2. The van der Waals surface area contributed by atoms with E-state index in [4.69, 9.17) is 28.7 Å². The summed E-state index contributed by atoms with van der Waals surface area (Å²) in [6, 6.07) is -2.47. The maximum absolute atomic E-state index is 14.1. The third-order valence-electron chi connectivity index (χ3n) is 13.4. The van der Waals surface area contributed by atoms with Gasteiger partial charge in [-0.15, -0.1) is 0 Å². The smallest absolute Gasteiger partial charge is 0.326 e. The standard InChI is InChI=1S/C51H84N16O12S/c1-27(2)23-31(52)41(70)60-32(15-9-19-57-50(53)54)43(72)62-34(24-30-13-7-6-8-14-30)44(73)65-40(29(5)68)47(76)63-35(26-80)42(71)59-25-38(69)66-21-12-18-37(66)48(77)67-22-11-17-36(67)45(74)64-39(28(3)4)46(75)61-33(49(78)79)16-10-20-58-51(55)56/h6-8,13-14,27-29,31-37,39-40,68,80H,9-12,15-26,52H2,1-5H3,(H,59,71)(H,60,70)(H,61,75)(H,62,72)(H,63,76)(H,64,74)(H,65,73)(H,78,79)(H4,53,54,57)(H4,55,56,58)/t29-,31+,32+,33+,34+,35+,36+,37+,39+,40+/m1/s1. The number of nitrogens with zero attached hydrogens (tertiary/aromatic N) is 4. The number of nitrogens with one attached hydrogen (secondary N) is 7. The first-order chi connectivity index (χ1) is 37.7. The van der Waals surface area contributed by atoms with E-state index in [0.717, 1.165) is 0 Å². The summed E-state index contributed by atoms with van der Waals surface area (Å²) < 4.78 is 0. The Kier molecular flexibility index (Phi) is 27.9. The van der Waals surface area contributed by atoms with Crippen LogP contribution in [-0.4, -0.2) is 190 Å². The number of amides is 9. The lowest BCUT2D eigenvalue weighted by Crippen LogP contribution is -2.61. The molecule has 0 bridgehead atoms. The molecule has 0 spiro atoms. The number of benzene rings is 1. The molecule has 0 radical (unpaired) electrons.